The van der Waals surface area contributed by atoms with E-state index in [4.69, 9.17) is 5.11 Å². The lowest BCUT2D eigenvalue weighted by molar-refractivity contribution is -0.141. The van der Waals surface area contributed by atoms with Crippen molar-refractivity contribution in [1.82, 2.24) is 15.1 Å². The molecule has 0 bridgehead atoms. The van der Waals surface area contributed by atoms with Gasteiger partial charge in [-0.15, -0.1) is 0 Å². The summed E-state index contributed by atoms with van der Waals surface area (Å²) in [6.07, 6.45) is 1.96. The van der Waals surface area contributed by atoms with Crippen LogP contribution in [0.15, 0.2) is 0 Å². The van der Waals surface area contributed by atoms with Gasteiger partial charge in [0.2, 0.25) is 0 Å². The summed E-state index contributed by atoms with van der Waals surface area (Å²) in [6, 6.07) is 0.357. The molecule has 2 amide bonds. The second-order valence-electron chi connectivity index (χ2n) is 5.79. The monoisotopic (exact) mass is 301 g/mol. The Hall–Kier alpha value is -1.30. The van der Waals surface area contributed by atoms with Crippen LogP contribution in [0.25, 0.3) is 0 Å². The van der Waals surface area contributed by atoms with Gasteiger partial charge in [0.25, 0.3) is 0 Å². The quantitative estimate of drug-likeness (QED) is 0.604. The highest BCUT2D eigenvalue weighted by molar-refractivity contribution is 5.75. The first-order valence-corrected chi connectivity index (χ1v) is 7.75. The zero-order valence-corrected chi connectivity index (χ0v) is 14.1. The fraction of sp³-hybridized carbons (Fsp3) is 0.867. The molecule has 0 rings (SSSR count). The molecule has 0 aromatic rings. The number of carboxylic acids is 1. The molecular formula is C15H31N3O3. The average Bonchev–Trinajstić information content (AvgIpc) is 2.43. The van der Waals surface area contributed by atoms with Gasteiger partial charge in [-0.1, -0.05) is 6.92 Å². The molecule has 0 saturated heterocycles. The number of urea groups is 1. The number of hydrogen-bond acceptors (Lipinski definition) is 3. The Balaban J connectivity index is 3.93. The molecule has 0 heterocycles. The lowest BCUT2D eigenvalue weighted by Gasteiger charge is -2.23. The predicted molar refractivity (Wildman–Crippen MR) is 84.4 cm³/mol. The van der Waals surface area contributed by atoms with Crippen molar-refractivity contribution in [3.63, 3.8) is 0 Å². The molecule has 0 aliphatic rings. The minimum Gasteiger partial charge on any atom is -0.481 e. The third-order valence-corrected chi connectivity index (χ3v) is 3.68. The van der Waals surface area contributed by atoms with Crippen molar-refractivity contribution in [2.24, 2.45) is 5.92 Å². The zero-order valence-electron chi connectivity index (χ0n) is 14.1. The van der Waals surface area contributed by atoms with Crippen molar-refractivity contribution in [2.45, 2.75) is 46.6 Å². The van der Waals surface area contributed by atoms with Crippen LogP contribution in [0.5, 0.6) is 0 Å². The summed E-state index contributed by atoms with van der Waals surface area (Å²) in [5, 5.41) is 11.7. The largest absolute Gasteiger partial charge is 0.481 e. The molecule has 0 spiro atoms. The number of carboxylic acid groups (broad SMARTS) is 1. The van der Waals surface area contributed by atoms with Gasteiger partial charge in [-0.25, -0.2) is 4.79 Å². The van der Waals surface area contributed by atoms with Crippen molar-refractivity contribution in [3.05, 3.63) is 0 Å². The molecule has 2 N–H and O–H groups in total. The van der Waals surface area contributed by atoms with Crippen LogP contribution in [0.1, 0.15) is 40.5 Å². The van der Waals surface area contributed by atoms with Gasteiger partial charge in [0, 0.05) is 25.7 Å². The lowest BCUT2D eigenvalue weighted by atomic mass is 10.2. The highest BCUT2D eigenvalue weighted by atomic mass is 16.4. The smallest absolute Gasteiger partial charge is 0.317 e. The van der Waals surface area contributed by atoms with Gasteiger partial charge in [0.15, 0.2) is 0 Å². The molecule has 0 aliphatic carbocycles. The van der Waals surface area contributed by atoms with E-state index in [0.717, 1.165) is 19.4 Å². The molecule has 6 nitrogen and oxygen atoms in total. The van der Waals surface area contributed by atoms with E-state index in [-0.39, 0.29) is 12.6 Å². The van der Waals surface area contributed by atoms with Crippen LogP contribution in [0, 0.1) is 5.92 Å². The van der Waals surface area contributed by atoms with Crippen LogP contribution in [0.3, 0.4) is 0 Å². The molecule has 1 atom stereocenters. The molecule has 0 aromatic heterocycles. The van der Waals surface area contributed by atoms with Crippen LogP contribution in [-0.2, 0) is 4.79 Å². The van der Waals surface area contributed by atoms with Gasteiger partial charge >= 0.3 is 12.0 Å². The Bertz CT molecular complexity index is 321. The number of hydrogen-bond donors (Lipinski definition) is 2. The first kappa shape index (κ1) is 19.7. The first-order chi connectivity index (χ1) is 9.79. The van der Waals surface area contributed by atoms with Crippen molar-refractivity contribution in [3.8, 4) is 0 Å². The van der Waals surface area contributed by atoms with Crippen LogP contribution >= 0.6 is 0 Å². The molecule has 0 saturated carbocycles. The molecule has 124 valence electrons. The number of unbranched alkanes of at least 4 members (excludes halogenated alkanes) is 1. The SMILES string of the molecule is CCN(CC(C)C(=O)O)C(=O)NCCCCN(C)C(C)C. The Morgan fingerprint density at radius 1 is 1.19 bits per heavy atom. The summed E-state index contributed by atoms with van der Waals surface area (Å²) >= 11 is 0. The minimum absolute atomic E-state index is 0.178. The Morgan fingerprint density at radius 2 is 1.81 bits per heavy atom. The normalized spacial score (nSPS) is 12.5. The fourth-order valence-electron chi connectivity index (χ4n) is 1.82. The highest BCUT2D eigenvalue weighted by Crippen LogP contribution is 2.01. The van der Waals surface area contributed by atoms with Crippen molar-refractivity contribution < 1.29 is 14.7 Å². The Kier molecular flexibility index (Phi) is 9.78. The van der Waals surface area contributed by atoms with Gasteiger partial charge in [-0.2, -0.15) is 0 Å². The van der Waals surface area contributed by atoms with E-state index in [1.807, 2.05) is 6.92 Å². The van der Waals surface area contributed by atoms with Crippen LogP contribution in [0.4, 0.5) is 4.79 Å². The molecule has 0 radical (unpaired) electrons. The second kappa shape index (κ2) is 10.4. The van der Waals surface area contributed by atoms with Crippen molar-refractivity contribution in [1.29, 1.82) is 0 Å². The number of carbonyl (C=O) groups excluding carboxylic acids is 1. The third kappa shape index (κ3) is 8.55. The molecule has 0 aromatic carbocycles. The number of amides is 2. The highest BCUT2D eigenvalue weighted by Gasteiger charge is 2.18. The van der Waals surface area contributed by atoms with E-state index in [0.29, 0.717) is 19.1 Å². The summed E-state index contributed by atoms with van der Waals surface area (Å²) in [6.45, 7) is 10.2. The Labute approximate surface area is 128 Å². The Morgan fingerprint density at radius 3 is 2.29 bits per heavy atom. The molecule has 0 fully saturated rings. The van der Waals surface area contributed by atoms with Crippen LogP contribution in [-0.4, -0.2) is 66.2 Å². The number of nitrogens with one attached hydrogen (secondary N) is 1. The fourth-order valence-corrected chi connectivity index (χ4v) is 1.82. The maximum absolute atomic E-state index is 11.9. The van der Waals surface area contributed by atoms with E-state index in [9.17, 15) is 9.59 Å². The summed E-state index contributed by atoms with van der Waals surface area (Å²) in [5.41, 5.74) is 0. The van der Waals surface area contributed by atoms with E-state index < -0.39 is 11.9 Å². The minimum atomic E-state index is -0.877. The number of aliphatic carboxylic acids is 1. The average molecular weight is 301 g/mol. The molecule has 6 heteroatoms. The van der Waals surface area contributed by atoms with Gasteiger partial charge in [-0.05, 0) is 47.2 Å². The van der Waals surface area contributed by atoms with Crippen molar-refractivity contribution in [2.75, 3.05) is 33.2 Å². The first-order valence-electron chi connectivity index (χ1n) is 7.75. The van der Waals surface area contributed by atoms with Crippen molar-refractivity contribution >= 4 is 12.0 Å². The maximum Gasteiger partial charge on any atom is 0.317 e. The van der Waals surface area contributed by atoms with E-state index in [2.05, 4.69) is 31.1 Å². The topological polar surface area (TPSA) is 72.9 Å². The summed E-state index contributed by atoms with van der Waals surface area (Å²) in [5.74, 6) is -1.42. The van der Waals surface area contributed by atoms with E-state index in [1.54, 1.807) is 11.8 Å². The number of rotatable bonds is 10. The summed E-state index contributed by atoms with van der Waals surface area (Å²) in [7, 11) is 2.09. The molecular weight excluding hydrogens is 270 g/mol. The third-order valence-electron chi connectivity index (χ3n) is 3.68. The predicted octanol–water partition coefficient (Wildman–Crippen LogP) is 1.86. The summed E-state index contributed by atoms with van der Waals surface area (Å²) < 4.78 is 0. The number of carbonyl (C=O) groups is 2. The van der Waals surface area contributed by atoms with Gasteiger partial charge in [0.05, 0.1) is 5.92 Å². The van der Waals surface area contributed by atoms with E-state index >= 15 is 0 Å². The van der Waals surface area contributed by atoms with Gasteiger partial charge in [0.1, 0.15) is 0 Å². The van der Waals surface area contributed by atoms with Gasteiger partial charge < -0.3 is 20.2 Å². The standard InChI is InChI=1S/C15H31N3O3/c1-6-18(11-13(4)14(19)20)15(21)16-9-7-8-10-17(5)12(2)3/h12-13H,6-11H2,1-5H3,(H,16,21)(H,19,20). The molecule has 21 heavy (non-hydrogen) atoms. The maximum atomic E-state index is 11.9. The van der Waals surface area contributed by atoms with Gasteiger partial charge in [-0.3, -0.25) is 4.79 Å². The summed E-state index contributed by atoms with van der Waals surface area (Å²) in [4.78, 5) is 26.6. The second-order valence-corrected chi connectivity index (χ2v) is 5.79. The van der Waals surface area contributed by atoms with Crippen LogP contribution in [0.2, 0.25) is 0 Å². The molecule has 0 aliphatic heterocycles. The lowest BCUT2D eigenvalue weighted by Crippen LogP contribution is -2.43. The molecule has 1 unspecified atom stereocenters. The van der Waals surface area contributed by atoms with E-state index in [1.165, 1.54) is 0 Å². The van der Waals surface area contributed by atoms with Crippen LogP contribution < -0.4 is 5.32 Å². The number of nitrogens with zero attached hydrogens (tertiary/aromatic N) is 2. The zero-order chi connectivity index (χ0) is 16.4.